The number of likely N-dealkylation sites (tertiary alicyclic amines) is 1. The van der Waals surface area contributed by atoms with Gasteiger partial charge in [-0.15, -0.1) is 0 Å². The Morgan fingerprint density at radius 2 is 1.85 bits per heavy atom. The molecule has 0 radical (unpaired) electrons. The first-order valence-electron chi connectivity index (χ1n) is 14.3. The SMILES string of the molecule is COc1ccc(CN2CCC3(CCCCNC(=O)c4ccccc4OCCNC3=O)CC2)cc1Cn1cc(Cl)cn1. The lowest BCUT2D eigenvalue weighted by Gasteiger charge is -2.41. The number of fused-ring (bicyclic) bond motifs is 1. The number of piperidine rings is 1. The number of hydrogen-bond acceptors (Lipinski definition) is 6. The first kappa shape index (κ1) is 29.0. The molecule has 1 saturated heterocycles. The Kier molecular flexibility index (Phi) is 9.46. The number of carbonyl (C=O) groups is 2. The Morgan fingerprint density at radius 3 is 2.63 bits per heavy atom. The van der Waals surface area contributed by atoms with Gasteiger partial charge in [-0.3, -0.25) is 19.2 Å². The predicted molar refractivity (Wildman–Crippen MR) is 157 cm³/mol. The molecule has 2 aliphatic heterocycles. The van der Waals surface area contributed by atoms with Crippen molar-refractivity contribution in [3.8, 4) is 11.5 Å². The molecule has 0 bridgehead atoms. The lowest BCUT2D eigenvalue weighted by molar-refractivity contribution is -0.134. The van der Waals surface area contributed by atoms with Crippen LogP contribution in [0.15, 0.2) is 54.9 Å². The number of methoxy groups -OCH3 is 1. The Morgan fingerprint density at radius 1 is 1.02 bits per heavy atom. The number of hydrogen-bond donors (Lipinski definition) is 2. The average molecular weight is 580 g/mol. The van der Waals surface area contributed by atoms with Crippen molar-refractivity contribution in [2.45, 2.75) is 45.2 Å². The molecule has 0 atom stereocenters. The second kappa shape index (κ2) is 13.4. The molecule has 3 heterocycles. The normalized spacial score (nSPS) is 18.5. The number of nitrogens with zero attached hydrogens (tertiary/aromatic N) is 3. The Hall–Kier alpha value is -3.56. The van der Waals surface area contributed by atoms with Crippen LogP contribution in [0.5, 0.6) is 11.5 Å². The molecule has 1 spiro atoms. The van der Waals surface area contributed by atoms with Crippen LogP contribution in [0.3, 0.4) is 0 Å². The molecule has 218 valence electrons. The fourth-order valence-electron chi connectivity index (χ4n) is 5.82. The van der Waals surface area contributed by atoms with Crippen molar-refractivity contribution in [1.82, 2.24) is 25.3 Å². The highest BCUT2D eigenvalue weighted by Gasteiger charge is 2.40. The first-order chi connectivity index (χ1) is 20.0. The van der Waals surface area contributed by atoms with Crippen LogP contribution >= 0.6 is 11.6 Å². The molecule has 1 aromatic heterocycles. The fourth-order valence-corrected chi connectivity index (χ4v) is 5.98. The number of aromatic nitrogens is 2. The van der Waals surface area contributed by atoms with Gasteiger partial charge < -0.3 is 20.1 Å². The highest BCUT2D eigenvalue weighted by molar-refractivity contribution is 6.30. The summed E-state index contributed by atoms with van der Waals surface area (Å²) in [6, 6.07) is 13.5. The van der Waals surface area contributed by atoms with E-state index in [1.165, 1.54) is 5.56 Å². The Labute approximate surface area is 246 Å². The lowest BCUT2D eigenvalue weighted by Crippen LogP contribution is -2.49. The van der Waals surface area contributed by atoms with Crippen LogP contribution in [0, 0.1) is 5.41 Å². The number of ether oxygens (including phenoxy) is 2. The summed E-state index contributed by atoms with van der Waals surface area (Å²) in [4.78, 5) is 28.6. The molecule has 0 aliphatic carbocycles. The van der Waals surface area contributed by atoms with Crippen LogP contribution in [-0.4, -0.2) is 66.4 Å². The molecule has 0 saturated carbocycles. The molecule has 3 aromatic rings. The van der Waals surface area contributed by atoms with Gasteiger partial charge in [-0.2, -0.15) is 5.10 Å². The highest BCUT2D eigenvalue weighted by Crippen LogP contribution is 2.38. The third-order valence-corrected chi connectivity index (χ3v) is 8.32. The monoisotopic (exact) mass is 579 g/mol. The predicted octanol–water partition coefficient (Wildman–Crippen LogP) is 4.28. The molecule has 2 amide bonds. The number of amides is 2. The van der Waals surface area contributed by atoms with E-state index in [2.05, 4.69) is 32.8 Å². The highest BCUT2D eigenvalue weighted by atomic mass is 35.5. The molecule has 9 nitrogen and oxygen atoms in total. The van der Waals surface area contributed by atoms with Crippen LogP contribution in [0.2, 0.25) is 5.02 Å². The Balaban J connectivity index is 1.21. The van der Waals surface area contributed by atoms with Crippen molar-refractivity contribution < 1.29 is 19.1 Å². The van der Waals surface area contributed by atoms with Gasteiger partial charge in [0.1, 0.15) is 18.1 Å². The number of benzene rings is 2. The second-order valence-corrected chi connectivity index (χ2v) is 11.3. The third-order valence-electron chi connectivity index (χ3n) is 8.12. The van der Waals surface area contributed by atoms with Crippen molar-refractivity contribution >= 4 is 23.4 Å². The number of halogens is 1. The van der Waals surface area contributed by atoms with Gasteiger partial charge in [-0.05, 0) is 68.6 Å². The van der Waals surface area contributed by atoms with Crippen molar-refractivity contribution in [3.05, 3.63) is 76.6 Å². The van der Waals surface area contributed by atoms with Crippen molar-refractivity contribution in [3.63, 3.8) is 0 Å². The largest absolute Gasteiger partial charge is 0.496 e. The van der Waals surface area contributed by atoms with Gasteiger partial charge in [0.2, 0.25) is 5.91 Å². The lowest BCUT2D eigenvalue weighted by atomic mass is 9.73. The minimum Gasteiger partial charge on any atom is -0.496 e. The first-order valence-corrected chi connectivity index (χ1v) is 14.7. The summed E-state index contributed by atoms with van der Waals surface area (Å²) in [5.74, 6) is 1.34. The van der Waals surface area contributed by atoms with Gasteiger partial charge >= 0.3 is 0 Å². The number of rotatable bonds is 5. The number of nitrogens with one attached hydrogen (secondary N) is 2. The molecular weight excluding hydrogens is 542 g/mol. The fraction of sp³-hybridized carbons (Fsp3) is 0.452. The van der Waals surface area contributed by atoms with Gasteiger partial charge in [0.05, 0.1) is 42.4 Å². The van der Waals surface area contributed by atoms with Gasteiger partial charge in [0.15, 0.2) is 0 Å². The molecule has 2 aromatic carbocycles. The van der Waals surface area contributed by atoms with Crippen molar-refractivity contribution in [1.29, 1.82) is 0 Å². The smallest absolute Gasteiger partial charge is 0.255 e. The molecule has 10 heteroatoms. The third kappa shape index (κ3) is 7.21. The molecule has 1 fully saturated rings. The minimum atomic E-state index is -0.410. The van der Waals surface area contributed by atoms with Crippen LogP contribution in [0.25, 0.3) is 0 Å². The maximum Gasteiger partial charge on any atom is 0.255 e. The summed E-state index contributed by atoms with van der Waals surface area (Å²) in [5, 5.41) is 11.0. The topological polar surface area (TPSA) is 97.7 Å². The van der Waals surface area contributed by atoms with Crippen LogP contribution in [0.1, 0.15) is 53.6 Å². The van der Waals surface area contributed by atoms with Gasteiger partial charge in [0, 0.05) is 24.8 Å². The van der Waals surface area contributed by atoms with E-state index >= 15 is 0 Å². The van der Waals surface area contributed by atoms with E-state index in [0.717, 1.165) is 63.1 Å². The molecule has 41 heavy (non-hydrogen) atoms. The maximum absolute atomic E-state index is 13.5. The van der Waals surface area contributed by atoms with Crippen LogP contribution in [-0.2, 0) is 17.9 Å². The van der Waals surface area contributed by atoms with Crippen molar-refractivity contribution in [2.24, 2.45) is 5.41 Å². The zero-order valence-corrected chi connectivity index (χ0v) is 24.3. The summed E-state index contributed by atoms with van der Waals surface area (Å²) < 4.78 is 13.3. The molecular formula is C31H38ClN5O4. The zero-order valence-electron chi connectivity index (χ0n) is 23.5. The molecule has 0 unspecified atom stereocenters. The van der Waals surface area contributed by atoms with E-state index in [1.807, 2.05) is 18.2 Å². The second-order valence-electron chi connectivity index (χ2n) is 10.9. The van der Waals surface area contributed by atoms with Gasteiger partial charge in [-0.1, -0.05) is 36.2 Å². The summed E-state index contributed by atoms with van der Waals surface area (Å²) in [5.41, 5.74) is 2.35. The maximum atomic E-state index is 13.5. The molecule has 5 rings (SSSR count). The minimum absolute atomic E-state index is 0.111. The quantitative estimate of drug-likeness (QED) is 0.468. The summed E-state index contributed by atoms with van der Waals surface area (Å²) in [7, 11) is 1.68. The van der Waals surface area contributed by atoms with Gasteiger partial charge in [-0.25, -0.2) is 0 Å². The molecule has 2 aliphatic rings. The number of para-hydroxylation sites is 1. The zero-order chi connectivity index (χ0) is 28.7. The van der Waals surface area contributed by atoms with E-state index in [9.17, 15) is 9.59 Å². The standard InChI is InChI=1S/C31H38ClN5O4/c1-40-27-9-8-23(18-24(27)21-37-22-25(32)19-35-37)20-36-15-11-31(12-16-36)10-4-5-13-33-29(38)26-6-2-3-7-28(26)41-17-14-34-30(31)39/h2-3,6-9,18-19,22H,4-5,10-17,20-21H2,1H3,(H,33,38)(H,34,39). The van der Waals surface area contributed by atoms with Crippen molar-refractivity contribution in [2.75, 3.05) is 39.9 Å². The van der Waals surface area contributed by atoms with Crippen LogP contribution < -0.4 is 20.1 Å². The van der Waals surface area contributed by atoms with Gasteiger partial charge in [0.25, 0.3) is 5.91 Å². The summed E-state index contributed by atoms with van der Waals surface area (Å²) in [6.07, 6.45) is 7.53. The molecule has 2 N–H and O–H groups in total. The van der Waals surface area contributed by atoms with E-state index in [1.54, 1.807) is 36.3 Å². The van der Waals surface area contributed by atoms with E-state index in [-0.39, 0.29) is 11.8 Å². The van der Waals surface area contributed by atoms with E-state index in [0.29, 0.717) is 42.6 Å². The van der Waals surface area contributed by atoms with E-state index in [4.69, 9.17) is 21.1 Å². The van der Waals surface area contributed by atoms with Crippen LogP contribution in [0.4, 0.5) is 0 Å². The average Bonchev–Trinajstić information content (AvgIpc) is 3.40. The van der Waals surface area contributed by atoms with E-state index < -0.39 is 5.41 Å². The Bertz CT molecular complexity index is 1350. The summed E-state index contributed by atoms with van der Waals surface area (Å²) >= 11 is 6.05. The number of carbonyl (C=O) groups excluding carboxylic acids is 2. The summed E-state index contributed by atoms with van der Waals surface area (Å²) in [6.45, 7) is 4.32.